The Balaban J connectivity index is 1.75. The van der Waals surface area contributed by atoms with Crippen molar-refractivity contribution in [3.8, 4) is 11.4 Å². The van der Waals surface area contributed by atoms with E-state index in [1.54, 1.807) is 12.3 Å². The molecule has 1 fully saturated rings. The van der Waals surface area contributed by atoms with Crippen molar-refractivity contribution in [2.45, 2.75) is 25.1 Å². The van der Waals surface area contributed by atoms with Crippen molar-refractivity contribution >= 4 is 40.3 Å². The third-order valence-corrected chi connectivity index (χ3v) is 5.55. The first-order valence-electron chi connectivity index (χ1n) is 9.87. The molecule has 0 aliphatic carbocycles. The van der Waals surface area contributed by atoms with E-state index in [-0.39, 0.29) is 30.2 Å². The number of aromatic amines is 1. The zero-order valence-electron chi connectivity index (χ0n) is 17.2. The average Bonchev–Trinajstić information content (AvgIpc) is 3.38. The van der Waals surface area contributed by atoms with Gasteiger partial charge >= 0.3 is 12.1 Å². The number of carboxylic acid groups (broad SMARTS) is 1. The first-order chi connectivity index (χ1) is 15.5. The van der Waals surface area contributed by atoms with Gasteiger partial charge in [0.2, 0.25) is 5.91 Å². The van der Waals surface area contributed by atoms with Gasteiger partial charge in [-0.3, -0.25) is 4.79 Å². The number of amides is 1. The van der Waals surface area contributed by atoms with E-state index in [9.17, 15) is 27.9 Å². The molecule has 2 N–H and O–H groups in total. The monoisotopic (exact) mass is 482 g/mol. The normalized spacial score (nSPS) is 16.4. The van der Waals surface area contributed by atoms with E-state index in [0.29, 0.717) is 32.9 Å². The van der Waals surface area contributed by atoms with Crippen molar-refractivity contribution in [1.29, 1.82) is 0 Å². The number of hydrogen-bond donors (Lipinski definition) is 2. The number of nitrogens with zero attached hydrogens (tertiary/aromatic N) is 5. The largest absolute Gasteiger partial charge is 0.477 e. The number of rotatable bonds is 5. The second-order valence-electron chi connectivity index (χ2n) is 7.65. The van der Waals surface area contributed by atoms with Crippen molar-refractivity contribution in [2.24, 2.45) is 0 Å². The Bertz CT molecular complexity index is 1230. The maximum Gasteiger partial charge on any atom is 0.406 e. The van der Waals surface area contributed by atoms with Crippen LogP contribution in [0.2, 0.25) is 5.02 Å². The second kappa shape index (κ2) is 8.50. The third kappa shape index (κ3) is 4.56. The quantitative estimate of drug-likeness (QED) is 0.573. The summed E-state index contributed by atoms with van der Waals surface area (Å²) in [7, 11) is 1.07. The number of aromatic nitrogens is 4. The minimum Gasteiger partial charge on any atom is -0.477 e. The van der Waals surface area contributed by atoms with E-state index < -0.39 is 30.6 Å². The summed E-state index contributed by atoms with van der Waals surface area (Å²) in [4.78, 5) is 42.3. The smallest absolute Gasteiger partial charge is 0.406 e. The molecule has 33 heavy (non-hydrogen) atoms. The van der Waals surface area contributed by atoms with Gasteiger partial charge in [-0.1, -0.05) is 11.6 Å². The zero-order valence-corrected chi connectivity index (χ0v) is 18.0. The Morgan fingerprint density at radius 2 is 2.09 bits per heavy atom. The molecular formula is C20H18ClF3N6O3. The van der Waals surface area contributed by atoms with Gasteiger partial charge in [0.15, 0.2) is 5.82 Å². The molecule has 1 aliphatic rings. The van der Waals surface area contributed by atoms with Crippen LogP contribution in [-0.4, -0.2) is 74.2 Å². The molecule has 9 nitrogen and oxygen atoms in total. The maximum atomic E-state index is 12.8. The summed E-state index contributed by atoms with van der Waals surface area (Å²) in [6.45, 7) is -1.14. The van der Waals surface area contributed by atoms with Gasteiger partial charge < -0.3 is 19.9 Å². The van der Waals surface area contributed by atoms with Crippen LogP contribution >= 0.6 is 11.6 Å². The Morgan fingerprint density at radius 1 is 1.33 bits per heavy atom. The number of anilines is 1. The number of pyridine rings is 1. The number of nitrogens with one attached hydrogen (secondary N) is 1. The van der Waals surface area contributed by atoms with E-state index in [2.05, 4.69) is 19.9 Å². The van der Waals surface area contributed by atoms with Crippen molar-refractivity contribution in [1.82, 2.24) is 24.8 Å². The minimum absolute atomic E-state index is 0.0342. The molecule has 4 rings (SSSR count). The molecule has 0 radical (unpaired) electrons. The molecule has 1 saturated heterocycles. The van der Waals surface area contributed by atoms with Gasteiger partial charge in [-0.25, -0.2) is 19.7 Å². The molecule has 0 aromatic carbocycles. The molecule has 1 atom stereocenters. The molecule has 0 bridgehead atoms. The average molecular weight is 483 g/mol. The molecule has 174 valence electrons. The van der Waals surface area contributed by atoms with E-state index >= 15 is 0 Å². The molecule has 3 aromatic heterocycles. The number of H-pyrrole nitrogens is 1. The Hall–Kier alpha value is -3.41. The van der Waals surface area contributed by atoms with Crippen LogP contribution in [0.4, 0.5) is 19.0 Å². The summed E-state index contributed by atoms with van der Waals surface area (Å²) in [6.07, 6.45) is 0.384. The third-order valence-electron chi connectivity index (χ3n) is 5.34. The lowest BCUT2D eigenvalue weighted by atomic mass is 10.1. The number of fused-ring (bicyclic) bond motifs is 1. The van der Waals surface area contributed by atoms with Gasteiger partial charge in [-0.15, -0.1) is 0 Å². The summed E-state index contributed by atoms with van der Waals surface area (Å²) in [5.41, 5.74) is 0.771. The lowest BCUT2D eigenvalue weighted by Crippen LogP contribution is -2.47. The minimum atomic E-state index is -4.55. The second-order valence-corrected chi connectivity index (χ2v) is 8.09. The van der Waals surface area contributed by atoms with E-state index in [1.165, 1.54) is 11.1 Å². The number of carbonyl (C=O) groups is 2. The highest BCUT2D eigenvalue weighted by Gasteiger charge is 2.39. The standard InChI is InChI=1S/C20H18ClF3N6O3/c1-29(9-20(22,23)24)18(31)14-3-2-4-30(14)17-13(19(32)33)8-27-16(28-17)12-7-26-15-11(12)5-10(21)6-25-15/h5-8,14H,2-4,9H2,1H3,(H,25,26)(H,32,33)/t14-/m1/s1. The van der Waals surface area contributed by atoms with Crippen molar-refractivity contribution < 1.29 is 27.9 Å². The molecule has 0 spiro atoms. The Kier molecular flexibility index (Phi) is 5.87. The number of halogens is 4. The number of aromatic carboxylic acids is 1. The van der Waals surface area contributed by atoms with E-state index in [1.807, 2.05) is 0 Å². The highest BCUT2D eigenvalue weighted by atomic mass is 35.5. The fraction of sp³-hybridized carbons (Fsp3) is 0.350. The lowest BCUT2D eigenvalue weighted by molar-refractivity contribution is -0.159. The van der Waals surface area contributed by atoms with Crippen molar-refractivity contribution in [2.75, 3.05) is 25.0 Å². The summed E-state index contributed by atoms with van der Waals surface area (Å²) >= 11 is 6.04. The molecule has 0 unspecified atom stereocenters. The van der Waals surface area contributed by atoms with Gasteiger partial charge in [0.05, 0.1) is 5.02 Å². The summed E-state index contributed by atoms with van der Waals surface area (Å²) < 4.78 is 38.4. The topological polar surface area (TPSA) is 115 Å². The highest BCUT2D eigenvalue weighted by Crippen LogP contribution is 2.32. The molecular weight excluding hydrogens is 465 g/mol. The molecule has 4 heterocycles. The Morgan fingerprint density at radius 3 is 2.79 bits per heavy atom. The van der Waals surface area contributed by atoms with Crippen molar-refractivity contribution in [3.05, 3.63) is 35.2 Å². The Labute approximate surface area is 190 Å². The van der Waals surface area contributed by atoms with Crippen LogP contribution in [0, 0.1) is 0 Å². The van der Waals surface area contributed by atoms with Gasteiger partial charge in [0.25, 0.3) is 0 Å². The summed E-state index contributed by atoms with van der Waals surface area (Å²) in [6, 6.07) is 0.676. The predicted molar refractivity (Wildman–Crippen MR) is 113 cm³/mol. The van der Waals surface area contributed by atoms with E-state index in [0.717, 1.165) is 13.2 Å². The molecule has 3 aromatic rings. The first-order valence-corrected chi connectivity index (χ1v) is 10.2. The van der Waals surface area contributed by atoms with Crippen LogP contribution in [0.1, 0.15) is 23.2 Å². The number of carboxylic acids is 1. The van der Waals surface area contributed by atoms with Gasteiger partial charge in [0.1, 0.15) is 29.6 Å². The lowest BCUT2D eigenvalue weighted by Gasteiger charge is -2.30. The zero-order chi connectivity index (χ0) is 23.9. The fourth-order valence-electron chi connectivity index (χ4n) is 3.91. The van der Waals surface area contributed by atoms with E-state index in [4.69, 9.17) is 11.6 Å². The molecule has 13 heteroatoms. The number of likely N-dealkylation sites (N-methyl/N-ethyl adjacent to an activating group) is 1. The number of alkyl halides is 3. The number of hydrogen-bond acceptors (Lipinski definition) is 6. The number of carbonyl (C=O) groups excluding carboxylic acids is 1. The van der Waals surface area contributed by atoms with Crippen LogP contribution in [0.5, 0.6) is 0 Å². The molecule has 1 aliphatic heterocycles. The van der Waals surface area contributed by atoms with Crippen LogP contribution in [-0.2, 0) is 4.79 Å². The van der Waals surface area contributed by atoms with Crippen LogP contribution < -0.4 is 4.90 Å². The fourth-order valence-corrected chi connectivity index (χ4v) is 4.07. The predicted octanol–water partition coefficient (Wildman–Crippen LogP) is 3.36. The highest BCUT2D eigenvalue weighted by molar-refractivity contribution is 6.31. The van der Waals surface area contributed by atoms with Gasteiger partial charge in [0, 0.05) is 43.1 Å². The van der Waals surface area contributed by atoms with Crippen LogP contribution in [0.3, 0.4) is 0 Å². The van der Waals surface area contributed by atoms with Gasteiger partial charge in [-0.05, 0) is 18.9 Å². The van der Waals surface area contributed by atoms with Crippen LogP contribution in [0.25, 0.3) is 22.4 Å². The SMILES string of the molecule is CN(CC(F)(F)F)C(=O)[C@H]1CCCN1c1nc(-c2c[nH]c3ncc(Cl)cc23)ncc1C(=O)O. The van der Waals surface area contributed by atoms with Gasteiger partial charge in [-0.2, -0.15) is 13.2 Å². The maximum absolute atomic E-state index is 12.8. The summed E-state index contributed by atoms with van der Waals surface area (Å²) in [5.74, 6) is -1.95. The molecule has 1 amide bonds. The first kappa shape index (κ1) is 22.8. The van der Waals surface area contributed by atoms with Crippen LogP contribution in [0.15, 0.2) is 24.7 Å². The summed E-state index contributed by atoms with van der Waals surface area (Å²) in [5, 5.41) is 10.6. The molecule has 0 saturated carbocycles. The van der Waals surface area contributed by atoms with Crippen molar-refractivity contribution in [3.63, 3.8) is 0 Å².